The van der Waals surface area contributed by atoms with Crippen molar-refractivity contribution in [1.29, 1.82) is 0 Å². The first kappa shape index (κ1) is 15.7. The predicted molar refractivity (Wildman–Crippen MR) is 61.6 cm³/mol. The van der Waals surface area contributed by atoms with Crippen LogP contribution in [-0.2, 0) is 4.74 Å². The minimum Gasteiger partial charge on any atom is -0.377 e. The molecule has 0 unspecified atom stereocenters. The van der Waals surface area contributed by atoms with Gasteiger partial charge in [-0.2, -0.15) is 0 Å². The first-order valence-electron chi connectivity index (χ1n) is 5.52. The summed E-state index contributed by atoms with van der Waals surface area (Å²) in [6.07, 6.45) is 5.19. The molecule has 0 saturated heterocycles. The van der Waals surface area contributed by atoms with Gasteiger partial charge in [-0.15, -0.1) is 11.6 Å². The summed E-state index contributed by atoms with van der Waals surface area (Å²) >= 11 is 5.52. The van der Waals surface area contributed by atoms with Crippen LogP contribution in [-0.4, -0.2) is 18.6 Å². The minimum atomic E-state index is 0.448. The molecular weight excluding hydrogens is 184 g/mol. The van der Waals surface area contributed by atoms with Crippen molar-refractivity contribution in [3.8, 4) is 0 Å². The monoisotopic (exact) mass is 208 g/mol. The van der Waals surface area contributed by atoms with E-state index in [4.69, 9.17) is 16.3 Å². The van der Waals surface area contributed by atoms with Gasteiger partial charge in [-0.25, -0.2) is 0 Å². The Morgan fingerprint density at radius 3 is 1.85 bits per heavy atom. The molecule has 82 valence electrons. The number of ether oxygens (including phenoxy) is 1. The molecule has 0 aromatic rings. The lowest BCUT2D eigenvalue weighted by molar-refractivity contribution is 0.0511. The van der Waals surface area contributed by atoms with E-state index in [2.05, 4.69) is 13.8 Å². The number of rotatable bonds is 7. The van der Waals surface area contributed by atoms with Crippen molar-refractivity contribution >= 4 is 11.6 Å². The predicted octanol–water partition coefficient (Wildman–Crippen LogP) is 4.24. The second kappa shape index (κ2) is 14.8. The fraction of sp³-hybridized carbons (Fsp3) is 1.00. The van der Waals surface area contributed by atoms with Crippen LogP contribution < -0.4 is 0 Å². The lowest BCUT2D eigenvalue weighted by Gasteiger charge is -2.14. The van der Waals surface area contributed by atoms with E-state index in [0.717, 1.165) is 0 Å². The molecule has 0 aromatic heterocycles. The molecule has 0 spiro atoms. The van der Waals surface area contributed by atoms with Gasteiger partial charge in [-0.1, -0.05) is 40.5 Å². The van der Waals surface area contributed by atoms with Gasteiger partial charge in [0.25, 0.3) is 0 Å². The SMILES string of the molecule is CC.CCCC(CCC)OCCCl. The molecule has 0 bridgehead atoms. The van der Waals surface area contributed by atoms with Gasteiger partial charge in [-0.3, -0.25) is 0 Å². The van der Waals surface area contributed by atoms with Crippen LogP contribution in [0.1, 0.15) is 53.4 Å². The Labute approximate surface area is 88.8 Å². The number of halogens is 1. The Morgan fingerprint density at radius 2 is 1.54 bits per heavy atom. The quantitative estimate of drug-likeness (QED) is 0.569. The maximum Gasteiger partial charge on any atom is 0.0605 e. The van der Waals surface area contributed by atoms with Crippen molar-refractivity contribution in [3.05, 3.63) is 0 Å². The zero-order valence-corrected chi connectivity index (χ0v) is 10.4. The van der Waals surface area contributed by atoms with Gasteiger partial charge >= 0.3 is 0 Å². The Balaban J connectivity index is 0. The average molecular weight is 209 g/mol. The fourth-order valence-electron chi connectivity index (χ4n) is 1.17. The van der Waals surface area contributed by atoms with Crippen LogP contribution in [0.2, 0.25) is 0 Å². The van der Waals surface area contributed by atoms with Crippen LogP contribution in [0, 0.1) is 0 Å². The summed E-state index contributed by atoms with van der Waals surface area (Å²) < 4.78 is 5.54. The molecule has 13 heavy (non-hydrogen) atoms. The van der Waals surface area contributed by atoms with E-state index in [9.17, 15) is 0 Å². The zero-order valence-electron chi connectivity index (χ0n) is 9.61. The normalized spacial score (nSPS) is 9.69. The van der Waals surface area contributed by atoms with Crippen LogP contribution >= 0.6 is 11.6 Å². The molecule has 0 N–H and O–H groups in total. The average Bonchev–Trinajstić information content (AvgIpc) is 2.18. The second-order valence-electron chi connectivity index (χ2n) is 2.76. The van der Waals surface area contributed by atoms with Gasteiger partial charge in [0.05, 0.1) is 12.7 Å². The molecule has 0 radical (unpaired) electrons. The van der Waals surface area contributed by atoms with Crippen molar-refractivity contribution in [1.82, 2.24) is 0 Å². The molecule has 0 amide bonds. The fourth-order valence-corrected chi connectivity index (χ4v) is 1.26. The number of alkyl halides is 1. The molecule has 0 saturated carbocycles. The van der Waals surface area contributed by atoms with E-state index in [1.807, 2.05) is 13.8 Å². The first-order valence-corrected chi connectivity index (χ1v) is 6.06. The maximum atomic E-state index is 5.54. The smallest absolute Gasteiger partial charge is 0.0605 e. The molecule has 0 aliphatic heterocycles. The van der Waals surface area contributed by atoms with Crippen molar-refractivity contribution in [2.75, 3.05) is 12.5 Å². The highest BCUT2D eigenvalue weighted by Gasteiger charge is 2.05. The molecular formula is C11H25ClO. The summed E-state index contributed by atoms with van der Waals surface area (Å²) in [6, 6.07) is 0. The molecule has 0 aliphatic carbocycles. The third-order valence-electron chi connectivity index (χ3n) is 1.65. The molecule has 0 heterocycles. The van der Waals surface area contributed by atoms with Crippen LogP contribution in [0.4, 0.5) is 0 Å². The summed E-state index contributed by atoms with van der Waals surface area (Å²) in [5.74, 6) is 0.615. The maximum absolute atomic E-state index is 5.54. The lowest BCUT2D eigenvalue weighted by atomic mass is 10.1. The largest absolute Gasteiger partial charge is 0.377 e. The summed E-state index contributed by atoms with van der Waals surface area (Å²) in [4.78, 5) is 0. The van der Waals surface area contributed by atoms with E-state index >= 15 is 0 Å². The summed E-state index contributed by atoms with van der Waals surface area (Å²) in [6.45, 7) is 9.08. The first-order chi connectivity index (χ1) is 6.35. The third kappa shape index (κ3) is 12.2. The van der Waals surface area contributed by atoms with Crippen molar-refractivity contribution < 1.29 is 4.74 Å². The lowest BCUT2D eigenvalue weighted by Crippen LogP contribution is -2.13. The van der Waals surface area contributed by atoms with E-state index in [-0.39, 0.29) is 0 Å². The molecule has 0 fully saturated rings. The van der Waals surface area contributed by atoms with Gasteiger partial charge in [-0.05, 0) is 12.8 Å². The van der Waals surface area contributed by atoms with Crippen LogP contribution in [0.3, 0.4) is 0 Å². The van der Waals surface area contributed by atoms with Gasteiger partial charge < -0.3 is 4.74 Å². The van der Waals surface area contributed by atoms with Gasteiger partial charge in [0.2, 0.25) is 0 Å². The topological polar surface area (TPSA) is 9.23 Å². The van der Waals surface area contributed by atoms with Crippen molar-refractivity contribution in [3.63, 3.8) is 0 Å². The van der Waals surface area contributed by atoms with E-state index in [1.54, 1.807) is 0 Å². The number of hydrogen-bond acceptors (Lipinski definition) is 1. The molecule has 1 nitrogen and oxygen atoms in total. The highest BCUT2D eigenvalue weighted by atomic mass is 35.5. The standard InChI is InChI=1S/C9H19ClO.C2H6/c1-3-5-9(6-4-2)11-8-7-10;1-2/h9H,3-8H2,1-2H3;1-2H3. The Bertz CT molecular complexity index is 70.5. The minimum absolute atomic E-state index is 0.448. The Kier molecular flexibility index (Phi) is 17.8. The zero-order chi connectivity index (χ0) is 10.5. The number of hydrogen-bond donors (Lipinski definition) is 0. The third-order valence-corrected chi connectivity index (χ3v) is 1.81. The van der Waals surface area contributed by atoms with Crippen LogP contribution in [0.5, 0.6) is 0 Å². The molecule has 0 aromatic carbocycles. The van der Waals surface area contributed by atoms with Gasteiger partial charge in [0.1, 0.15) is 0 Å². The van der Waals surface area contributed by atoms with E-state index in [0.29, 0.717) is 18.6 Å². The summed E-state index contributed by atoms with van der Waals surface area (Å²) in [7, 11) is 0. The second-order valence-corrected chi connectivity index (χ2v) is 3.14. The molecule has 2 heteroatoms. The van der Waals surface area contributed by atoms with Crippen molar-refractivity contribution in [2.24, 2.45) is 0 Å². The van der Waals surface area contributed by atoms with Crippen LogP contribution in [0.15, 0.2) is 0 Å². The molecule has 0 rings (SSSR count). The van der Waals surface area contributed by atoms with E-state index in [1.165, 1.54) is 25.7 Å². The van der Waals surface area contributed by atoms with Gasteiger partial charge in [0.15, 0.2) is 0 Å². The van der Waals surface area contributed by atoms with Crippen LogP contribution in [0.25, 0.3) is 0 Å². The Hall–Kier alpha value is 0.250. The van der Waals surface area contributed by atoms with Crippen molar-refractivity contribution in [2.45, 2.75) is 59.5 Å². The Morgan fingerprint density at radius 1 is 1.08 bits per heavy atom. The van der Waals surface area contributed by atoms with E-state index < -0.39 is 0 Å². The highest BCUT2D eigenvalue weighted by Crippen LogP contribution is 2.08. The van der Waals surface area contributed by atoms with Gasteiger partial charge in [0, 0.05) is 5.88 Å². The summed E-state index contributed by atoms with van der Waals surface area (Å²) in [5.41, 5.74) is 0. The molecule has 0 aliphatic rings. The molecule has 0 atom stereocenters. The highest BCUT2D eigenvalue weighted by molar-refractivity contribution is 6.17. The summed E-state index contributed by atoms with van der Waals surface area (Å²) in [5, 5.41) is 0.